The van der Waals surface area contributed by atoms with E-state index in [4.69, 9.17) is 9.47 Å². The first-order chi connectivity index (χ1) is 18.0. The number of amides is 1. The van der Waals surface area contributed by atoms with Crippen LogP contribution in [-0.2, 0) is 11.3 Å². The number of halogens is 1. The highest BCUT2D eigenvalue weighted by Gasteiger charge is 2.47. The lowest BCUT2D eigenvalue weighted by Crippen LogP contribution is -2.66. The fraction of sp³-hybridized carbons (Fsp3) is 0.333. The van der Waals surface area contributed by atoms with E-state index in [-0.39, 0.29) is 30.7 Å². The summed E-state index contributed by atoms with van der Waals surface area (Å²) in [5.41, 5.74) is 2.17. The monoisotopic (exact) mass is 504 g/mol. The van der Waals surface area contributed by atoms with E-state index >= 15 is 4.39 Å². The number of ether oxygens (including phenoxy) is 2. The number of carbonyl (C=O) groups excluding carboxylic acids is 1. The Morgan fingerprint density at radius 2 is 1.89 bits per heavy atom. The summed E-state index contributed by atoms with van der Waals surface area (Å²) in [4.78, 5) is 29.7. The lowest BCUT2D eigenvalue weighted by molar-refractivity contribution is -0.0197. The van der Waals surface area contributed by atoms with Gasteiger partial charge in [-0.3, -0.25) is 19.3 Å². The summed E-state index contributed by atoms with van der Waals surface area (Å²) in [7, 11) is 0. The molecule has 3 aromatic rings. The number of nitrogens with zero attached hydrogens (tertiary/aromatic N) is 4. The molecular weight excluding hydrogens is 479 g/mol. The van der Waals surface area contributed by atoms with Crippen molar-refractivity contribution in [1.29, 1.82) is 0 Å². The normalized spacial score (nSPS) is 23.9. The number of benzene rings is 2. The molecule has 4 aliphatic heterocycles. The molecule has 0 aliphatic carbocycles. The number of aromatic nitrogens is 1. The summed E-state index contributed by atoms with van der Waals surface area (Å²) >= 11 is 0. The van der Waals surface area contributed by atoms with E-state index in [2.05, 4.69) is 11.8 Å². The molecule has 1 N–H and O–H groups in total. The quantitative estimate of drug-likeness (QED) is 0.544. The van der Waals surface area contributed by atoms with Crippen molar-refractivity contribution in [2.45, 2.75) is 31.7 Å². The van der Waals surface area contributed by atoms with Crippen LogP contribution >= 0.6 is 0 Å². The Balaban J connectivity index is 1.56. The predicted octanol–water partition coefficient (Wildman–Crippen LogP) is 2.33. The van der Waals surface area contributed by atoms with Gasteiger partial charge in [0.05, 0.1) is 24.9 Å². The van der Waals surface area contributed by atoms with Gasteiger partial charge in [-0.15, -0.1) is 0 Å². The van der Waals surface area contributed by atoms with Gasteiger partial charge in [-0.1, -0.05) is 24.3 Å². The molecule has 1 saturated heterocycles. The van der Waals surface area contributed by atoms with E-state index in [0.29, 0.717) is 31.1 Å². The molecule has 37 heavy (non-hydrogen) atoms. The summed E-state index contributed by atoms with van der Waals surface area (Å²) in [6.45, 7) is 3.85. The van der Waals surface area contributed by atoms with Crippen molar-refractivity contribution in [2.24, 2.45) is 0 Å². The van der Waals surface area contributed by atoms with Gasteiger partial charge in [-0.2, -0.15) is 0 Å². The van der Waals surface area contributed by atoms with Crippen molar-refractivity contribution >= 4 is 11.6 Å². The highest BCUT2D eigenvalue weighted by Crippen LogP contribution is 2.49. The third-order valence-corrected chi connectivity index (χ3v) is 7.82. The molecule has 190 valence electrons. The van der Waals surface area contributed by atoms with E-state index < -0.39 is 29.3 Å². The molecule has 1 aromatic heterocycles. The number of carbonyl (C=O) groups is 1. The number of fused-ring (bicyclic) bond motifs is 3. The second-order valence-electron chi connectivity index (χ2n) is 9.85. The van der Waals surface area contributed by atoms with E-state index in [9.17, 15) is 14.7 Å². The zero-order valence-corrected chi connectivity index (χ0v) is 20.1. The van der Waals surface area contributed by atoms with Gasteiger partial charge in [0.1, 0.15) is 30.4 Å². The van der Waals surface area contributed by atoms with Crippen LogP contribution in [0.5, 0.6) is 11.5 Å². The molecule has 7 rings (SSSR count). The van der Waals surface area contributed by atoms with Crippen LogP contribution in [0, 0.1) is 5.82 Å². The van der Waals surface area contributed by atoms with E-state index in [0.717, 1.165) is 16.8 Å². The van der Waals surface area contributed by atoms with Gasteiger partial charge in [0, 0.05) is 36.5 Å². The number of hydrogen-bond acceptors (Lipinski definition) is 7. The molecule has 3 unspecified atom stereocenters. The average Bonchev–Trinajstić information content (AvgIpc) is 3.05. The van der Waals surface area contributed by atoms with E-state index in [1.807, 2.05) is 29.3 Å². The van der Waals surface area contributed by atoms with Crippen molar-refractivity contribution in [3.8, 4) is 11.5 Å². The Bertz CT molecular complexity index is 1510. The molecule has 3 atom stereocenters. The molecule has 1 amide bonds. The topological polar surface area (TPSA) is 87.5 Å². The standard InChI is InChI=1S/C27H25FN4O5/c1-15-13-37-20-7-3-5-17-23(20)30(15)12-16-4-2-6-18(28)22(16)24(17)32-21-14-36-11-10-29(21)27(35)25-26(34)19(33)8-9-31(25)32/h2-9,15,21,24,34H,10-14H2,1H3. The summed E-state index contributed by atoms with van der Waals surface area (Å²) < 4.78 is 29.3. The molecule has 9 nitrogen and oxygen atoms in total. The maximum Gasteiger partial charge on any atom is 0.278 e. The van der Waals surface area contributed by atoms with Crippen molar-refractivity contribution in [3.05, 3.63) is 87.1 Å². The zero-order chi connectivity index (χ0) is 25.4. The largest absolute Gasteiger partial charge is 0.502 e. The van der Waals surface area contributed by atoms with Gasteiger partial charge in [0.25, 0.3) is 5.91 Å². The minimum atomic E-state index is -0.715. The molecule has 0 spiro atoms. The molecular formula is C27H25FN4O5. The predicted molar refractivity (Wildman–Crippen MR) is 132 cm³/mol. The molecule has 5 heterocycles. The minimum Gasteiger partial charge on any atom is -0.502 e. The number of aromatic hydroxyl groups is 1. The highest BCUT2D eigenvalue weighted by molar-refractivity contribution is 5.96. The third-order valence-electron chi connectivity index (χ3n) is 7.82. The molecule has 2 aromatic carbocycles. The summed E-state index contributed by atoms with van der Waals surface area (Å²) in [5, 5.41) is 12.6. The number of rotatable bonds is 1. The lowest BCUT2D eigenvalue weighted by Gasteiger charge is -2.51. The first-order valence-corrected chi connectivity index (χ1v) is 12.4. The van der Waals surface area contributed by atoms with Crippen LogP contribution in [-0.4, -0.2) is 59.2 Å². The van der Waals surface area contributed by atoms with Gasteiger partial charge in [0.2, 0.25) is 5.43 Å². The molecule has 0 saturated carbocycles. The van der Waals surface area contributed by atoms with Crippen LogP contribution < -0.4 is 20.1 Å². The molecule has 0 bridgehead atoms. The molecule has 4 aliphatic rings. The minimum absolute atomic E-state index is 0.0490. The second kappa shape index (κ2) is 7.97. The van der Waals surface area contributed by atoms with Crippen molar-refractivity contribution in [1.82, 2.24) is 9.58 Å². The zero-order valence-electron chi connectivity index (χ0n) is 20.1. The fourth-order valence-electron chi connectivity index (χ4n) is 6.11. The third kappa shape index (κ3) is 3.05. The Morgan fingerprint density at radius 1 is 1.05 bits per heavy atom. The van der Waals surface area contributed by atoms with Crippen LogP contribution in [0.2, 0.25) is 0 Å². The Labute approximate surface area is 211 Å². The fourth-order valence-corrected chi connectivity index (χ4v) is 6.11. The van der Waals surface area contributed by atoms with Crippen molar-refractivity contribution < 1.29 is 23.8 Å². The summed E-state index contributed by atoms with van der Waals surface area (Å²) in [5.74, 6) is -0.753. The van der Waals surface area contributed by atoms with Crippen molar-refractivity contribution in [3.63, 3.8) is 0 Å². The average molecular weight is 505 g/mol. The first-order valence-electron chi connectivity index (χ1n) is 12.4. The molecule has 10 heteroatoms. The van der Waals surface area contributed by atoms with Crippen LogP contribution in [0.3, 0.4) is 0 Å². The van der Waals surface area contributed by atoms with Crippen LogP contribution in [0.1, 0.15) is 40.1 Å². The van der Waals surface area contributed by atoms with Gasteiger partial charge in [-0.25, -0.2) is 4.39 Å². The van der Waals surface area contributed by atoms with E-state index in [1.54, 1.807) is 11.0 Å². The van der Waals surface area contributed by atoms with Crippen LogP contribution in [0.4, 0.5) is 10.1 Å². The smallest absolute Gasteiger partial charge is 0.278 e. The van der Waals surface area contributed by atoms with Gasteiger partial charge < -0.3 is 24.4 Å². The van der Waals surface area contributed by atoms with Gasteiger partial charge in [-0.05, 0) is 24.6 Å². The molecule has 1 fully saturated rings. The van der Waals surface area contributed by atoms with Crippen molar-refractivity contribution in [2.75, 3.05) is 36.3 Å². The summed E-state index contributed by atoms with van der Waals surface area (Å²) in [6.07, 6.45) is 0.872. The first kappa shape index (κ1) is 22.2. The number of pyridine rings is 1. The van der Waals surface area contributed by atoms with E-state index in [1.165, 1.54) is 23.0 Å². The van der Waals surface area contributed by atoms with Crippen LogP contribution in [0.25, 0.3) is 0 Å². The lowest BCUT2D eigenvalue weighted by atomic mass is 9.92. The molecule has 0 radical (unpaired) electrons. The maximum atomic E-state index is 15.9. The Hall–Kier alpha value is -4.05. The maximum absolute atomic E-state index is 15.9. The Morgan fingerprint density at radius 3 is 2.76 bits per heavy atom. The SMILES string of the molecule is CC1COc2cccc3c2N1Cc1cccc(F)c1C3N1C2COCCN2C(=O)c2c(O)c(=O)ccn21. The highest BCUT2D eigenvalue weighted by atomic mass is 19.1. The van der Waals surface area contributed by atoms with Crippen LogP contribution in [0.15, 0.2) is 53.5 Å². The number of para-hydroxylation sites is 1. The van der Waals surface area contributed by atoms with Gasteiger partial charge in [0.15, 0.2) is 11.4 Å². The van der Waals surface area contributed by atoms with Gasteiger partial charge >= 0.3 is 0 Å². The second-order valence-corrected chi connectivity index (χ2v) is 9.85. The Kier molecular flexibility index (Phi) is 4.78. The number of hydrogen-bond donors (Lipinski definition) is 1. The number of anilines is 1. The summed E-state index contributed by atoms with van der Waals surface area (Å²) in [6, 6.07) is 11.4. The number of morpholine rings is 1.